The van der Waals surface area contributed by atoms with Crippen molar-refractivity contribution in [2.24, 2.45) is 0 Å². The van der Waals surface area contributed by atoms with Crippen LogP contribution in [0.25, 0.3) is 28.0 Å². The standard InChI is InChI=1S/C30H31N9O/c1-17(2)25-26(20-12-21-9-10-22(13-20)38(21)30(40)28-33-16-34-37-28)36-29-23(15-35-39(29)27(25)31)19-8-11-24(32-14-19)18-6-4-3-5-7-18/h3-8,11,14-17,20-22H,9-10,12-13,31H2,1-2H3,(H,33,34,37). The molecule has 5 aromatic rings. The van der Waals surface area contributed by atoms with Crippen molar-refractivity contribution in [2.45, 2.75) is 63.5 Å². The van der Waals surface area contributed by atoms with Gasteiger partial charge in [-0.3, -0.25) is 14.9 Å². The molecular formula is C30H31N9O. The molecule has 0 saturated carbocycles. The Morgan fingerprint density at radius 1 is 1.00 bits per heavy atom. The number of carbonyl (C=O) groups excluding carboxylic acids is 1. The summed E-state index contributed by atoms with van der Waals surface area (Å²) in [5, 5.41) is 11.2. The number of rotatable bonds is 5. The number of nitrogens with one attached hydrogen (secondary N) is 1. The summed E-state index contributed by atoms with van der Waals surface area (Å²) < 4.78 is 1.76. The van der Waals surface area contributed by atoms with Crippen molar-refractivity contribution in [1.29, 1.82) is 0 Å². The number of aromatic nitrogens is 7. The number of H-pyrrole nitrogens is 1. The Labute approximate surface area is 231 Å². The van der Waals surface area contributed by atoms with Gasteiger partial charge in [-0.2, -0.15) is 14.7 Å². The summed E-state index contributed by atoms with van der Waals surface area (Å²) in [6.45, 7) is 4.30. The zero-order valence-electron chi connectivity index (χ0n) is 22.5. The monoisotopic (exact) mass is 533 g/mol. The summed E-state index contributed by atoms with van der Waals surface area (Å²) in [5.74, 6) is 1.24. The molecular weight excluding hydrogens is 502 g/mol. The van der Waals surface area contributed by atoms with E-state index in [1.165, 1.54) is 6.33 Å². The molecule has 7 rings (SSSR count). The predicted octanol–water partition coefficient (Wildman–Crippen LogP) is 4.83. The average Bonchev–Trinajstić information content (AvgIpc) is 3.71. The van der Waals surface area contributed by atoms with E-state index in [1.807, 2.05) is 41.6 Å². The first-order valence-corrected chi connectivity index (χ1v) is 13.9. The minimum atomic E-state index is -0.0695. The first-order valence-electron chi connectivity index (χ1n) is 13.9. The van der Waals surface area contributed by atoms with E-state index in [0.29, 0.717) is 11.6 Å². The third-order valence-corrected chi connectivity index (χ3v) is 8.44. The predicted molar refractivity (Wildman–Crippen MR) is 151 cm³/mol. The van der Waals surface area contributed by atoms with Crippen LogP contribution in [0.1, 0.15) is 73.2 Å². The molecule has 202 valence electrons. The van der Waals surface area contributed by atoms with Crippen LogP contribution >= 0.6 is 0 Å². The van der Waals surface area contributed by atoms with Gasteiger partial charge >= 0.3 is 0 Å². The van der Waals surface area contributed by atoms with Crippen molar-refractivity contribution in [3.63, 3.8) is 0 Å². The number of amides is 1. The molecule has 1 aromatic carbocycles. The summed E-state index contributed by atoms with van der Waals surface area (Å²) in [5.41, 5.74) is 13.4. The van der Waals surface area contributed by atoms with Gasteiger partial charge in [0.1, 0.15) is 12.1 Å². The topological polar surface area (TPSA) is 131 Å². The highest BCUT2D eigenvalue weighted by Gasteiger charge is 2.45. The largest absolute Gasteiger partial charge is 0.383 e. The summed E-state index contributed by atoms with van der Waals surface area (Å²) in [7, 11) is 0. The van der Waals surface area contributed by atoms with Gasteiger partial charge in [-0.05, 0) is 37.7 Å². The van der Waals surface area contributed by atoms with Gasteiger partial charge in [-0.15, -0.1) is 0 Å². The molecule has 2 unspecified atom stereocenters. The first-order chi connectivity index (χ1) is 19.5. The number of aromatic amines is 1. The Morgan fingerprint density at radius 3 is 2.42 bits per heavy atom. The molecule has 6 heterocycles. The molecule has 4 aromatic heterocycles. The van der Waals surface area contributed by atoms with Gasteiger partial charge < -0.3 is 10.6 Å². The van der Waals surface area contributed by atoms with Crippen LogP contribution in [0.2, 0.25) is 0 Å². The van der Waals surface area contributed by atoms with Crippen molar-refractivity contribution < 1.29 is 4.79 Å². The van der Waals surface area contributed by atoms with E-state index in [-0.39, 0.29) is 29.8 Å². The second-order valence-corrected chi connectivity index (χ2v) is 11.1. The molecule has 2 aliphatic heterocycles. The van der Waals surface area contributed by atoms with Crippen molar-refractivity contribution >= 4 is 17.4 Å². The van der Waals surface area contributed by atoms with E-state index in [1.54, 1.807) is 4.52 Å². The molecule has 2 saturated heterocycles. The van der Waals surface area contributed by atoms with E-state index < -0.39 is 0 Å². The molecule has 40 heavy (non-hydrogen) atoms. The third kappa shape index (κ3) is 3.93. The molecule has 0 spiro atoms. The fourth-order valence-corrected chi connectivity index (χ4v) is 6.65. The second kappa shape index (κ2) is 9.55. The Hall–Kier alpha value is -4.60. The number of piperidine rings is 1. The van der Waals surface area contributed by atoms with Gasteiger partial charge in [0.2, 0.25) is 5.82 Å². The minimum absolute atomic E-state index is 0.0695. The van der Waals surface area contributed by atoms with Gasteiger partial charge in [-0.25, -0.2) is 9.97 Å². The maximum atomic E-state index is 13.2. The molecule has 1 amide bonds. The number of hydrogen-bond donors (Lipinski definition) is 2. The van der Waals surface area contributed by atoms with Gasteiger partial charge in [0, 0.05) is 46.5 Å². The van der Waals surface area contributed by atoms with Gasteiger partial charge in [0.05, 0.1) is 17.6 Å². The number of nitrogens with two attached hydrogens (primary N) is 1. The summed E-state index contributed by atoms with van der Waals surface area (Å²) >= 11 is 0. The maximum absolute atomic E-state index is 13.2. The number of nitrogens with zero attached hydrogens (tertiary/aromatic N) is 7. The Balaban J connectivity index is 1.26. The van der Waals surface area contributed by atoms with Crippen LogP contribution < -0.4 is 5.73 Å². The van der Waals surface area contributed by atoms with E-state index in [9.17, 15) is 4.79 Å². The quantitative estimate of drug-likeness (QED) is 0.331. The van der Waals surface area contributed by atoms with Crippen LogP contribution in [0.5, 0.6) is 0 Å². The van der Waals surface area contributed by atoms with E-state index in [0.717, 1.165) is 65.0 Å². The summed E-state index contributed by atoms with van der Waals surface area (Å²) in [6, 6.07) is 14.5. The third-order valence-electron chi connectivity index (χ3n) is 8.44. The zero-order chi connectivity index (χ0) is 27.4. The SMILES string of the molecule is CC(C)c1c(C2CC3CCC(C2)N3C(=O)c2ncn[nH]2)nc2c(-c3ccc(-c4ccccc4)nc3)cnn2c1N. The minimum Gasteiger partial charge on any atom is -0.383 e. The Bertz CT molecular complexity index is 1660. The molecule has 2 atom stereocenters. The van der Waals surface area contributed by atoms with E-state index >= 15 is 0 Å². The van der Waals surface area contributed by atoms with E-state index in [2.05, 4.69) is 52.3 Å². The molecule has 2 aliphatic rings. The fourth-order valence-electron chi connectivity index (χ4n) is 6.65. The highest BCUT2D eigenvalue weighted by molar-refractivity contribution is 5.91. The highest BCUT2D eigenvalue weighted by Crippen LogP contribution is 2.46. The lowest BCUT2D eigenvalue weighted by Gasteiger charge is -2.39. The van der Waals surface area contributed by atoms with Crippen molar-refractivity contribution in [2.75, 3.05) is 5.73 Å². The number of hydrogen-bond acceptors (Lipinski definition) is 7. The fraction of sp³-hybridized carbons (Fsp3) is 0.333. The maximum Gasteiger partial charge on any atom is 0.291 e. The number of benzene rings is 1. The summed E-state index contributed by atoms with van der Waals surface area (Å²) in [4.78, 5) is 29.3. The molecule has 0 radical (unpaired) electrons. The second-order valence-electron chi connectivity index (χ2n) is 11.1. The van der Waals surface area contributed by atoms with Crippen LogP contribution in [-0.2, 0) is 0 Å². The van der Waals surface area contributed by atoms with Crippen molar-refractivity contribution in [3.05, 3.63) is 78.3 Å². The Kier molecular flexibility index (Phi) is 5.83. The first kappa shape index (κ1) is 24.4. The molecule has 10 nitrogen and oxygen atoms in total. The lowest BCUT2D eigenvalue weighted by molar-refractivity contribution is 0.0557. The molecule has 0 aliphatic carbocycles. The van der Waals surface area contributed by atoms with Gasteiger partial charge in [0.15, 0.2) is 5.65 Å². The average molecular weight is 534 g/mol. The number of anilines is 1. The van der Waals surface area contributed by atoms with Crippen LogP contribution in [0.15, 0.2) is 61.2 Å². The number of carbonyl (C=O) groups is 1. The van der Waals surface area contributed by atoms with Crippen LogP contribution in [0.3, 0.4) is 0 Å². The van der Waals surface area contributed by atoms with Crippen LogP contribution in [-0.4, -0.2) is 57.7 Å². The molecule has 2 bridgehead atoms. The number of fused-ring (bicyclic) bond motifs is 3. The molecule has 2 fully saturated rings. The van der Waals surface area contributed by atoms with Crippen LogP contribution in [0.4, 0.5) is 5.82 Å². The lowest BCUT2D eigenvalue weighted by atomic mass is 9.83. The van der Waals surface area contributed by atoms with Crippen molar-refractivity contribution in [3.8, 4) is 22.4 Å². The highest BCUT2D eigenvalue weighted by atomic mass is 16.2. The van der Waals surface area contributed by atoms with Crippen LogP contribution in [0, 0.1) is 0 Å². The molecule has 10 heteroatoms. The molecule has 3 N–H and O–H groups in total. The number of pyridine rings is 1. The zero-order valence-corrected chi connectivity index (χ0v) is 22.5. The smallest absolute Gasteiger partial charge is 0.291 e. The lowest BCUT2D eigenvalue weighted by Crippen LogP contribution is -2.46. The van der Waals surface area contributed by atoms with Gasteiger partial charge in [0.25, 0.3) is 5.91 Å². The normalized spacial score (nSPS) is 20.5. The Morgan fingerprint density at radius 2 is 1.77 bits per heavy atom. The number of nitrogen functional groups attached to an aromatic ring is 1. The van der Waals surface area contributed by atoms with E-state index in [4.69, 9.17) is 15.7 Å². The van der Waals surface area contributed by atoms with Crippen molar-refractivity contribution in [1.82, 2.24) is 39.7 Å². The van der Waals surface area contributed by atoms with Gasteiger partial charge in [-0.1, -0.05) is 50.2 Å². The summed E-state index contributed by atoms with van der Waals surface area (Å²) in [6.07, 6.45) is 8.73.